The number of rotatable bonds is 5. The first-order valence-corrected chi connectivity index (χ1v) is 8.63. The highest BCUT2D eigenvalue weighted by atomic mass is 16.2. The van der Waals surface area contributed by atoms with Crippen molar-refractivity contribution in [3.63, 3.8) is 0 Å². The number of nitrogens with one attached hydrogen (secondary N) is 2. The number of fused-ring (bicyclic) bond motifs is 1. The Morgan fingerprint density at radius 2 is 2.43 bits per heavy atom. The molecule has 3 rings (SSSR count). The summed E-state index contributed by atoms with van der Waals surface area (Å²) in [5.74, 6) is 1.44. The molecule has 124 valence electrons. The van der Waals surface area contributed by atoms with E-state index in [0.717, 1.165) is 36.6 Å². The Balaban J connectivity index is 1.78. The molecule has 5 heteroatoms. The standard InChI is InChI=1S/C18H26N4O/c1-3-13(2)20-17(23)12-22-9-5-7-14-10-16(21-18(14)22)15-6-4-8-19-11-15/h5,7,9-10,13,15,19H,3-4,6,8,11-12H2,1-2H3,(H,20,23)/t13-,15-/m1/s1. The minimum Gasteiger partial charge on any atom is -0.352 e. The summed E-state index contributed by atoms with van der Waals surface area (Å²) in [6, 6.07) is 6.45. The quantitative estimate of drug-likeness (QED) is 0.891. The molecular formula is C18H26N4O. The van der Waals surface area contributed by atoms with Crippen LogP contribution in [0.25, 0.3) is 11.4 Å². The highest BCUT2D eigenvalue weighted by Gasteiger charge is 2.21. The largest absolute Gasteiger partial charge is 0.352 e. The number of hydrogen-bond acceptors (Lipinski definition) is 3. The molecule has 3 aliphatic rings. The fourth-order valence-corrected chi connectivity index (χ4v) is 3.14. The summed E-state index contributed by atoms with van der Waals surface area (Å²) < 4.78 is 1.95. The van der Waals surface area contributed by atoms with Gasteiger partial charge in [-0.2, -0.15) is 0 Å². The first-order chi connectivity index (χ1) is 11.2. The van der Waals surface area contributed by atoms with Crippen molar-refractivity contribution in [2.24, 2.45) is 0 Å². The van der Waals surface area contributed by atoms with Crippen LogP contribution in [0.15, 0.2) is 24.4 Å². The first kappa shape index (κ1) is 16.0. The third-order valence-corrected chi connectivity index (χ3v) is 4.66. The lowest BCUT2D eigenvalue weighted by atomic mass is 9.96. The van der Waals surface area contributed by atoms with Crippen molar-refractivity contribution in [1.29, 1.82) is 0 Å². The highest BCUT2D eigenvalue weighted by molar-refractivity contribution is 5.77. The van der Waals surface area contributed by atoms with E-state index in [-0.39, 0.29) is 11.9 Å². The van der Waals surface area contributed by atoms with Crippen LogP contribution in [0.1, 0.15) is 44.7 Å². The number of aromatic nitrogens is 2. The van der Waals surface area contributed by atoms with Gasteiger partial charge in [-0.1, -0.05) is 6.92 Å². The van der Waals surface area contributed by atoms with Crippen molar-refractivity contribution in [1.82, 2.24) is 20.2 Å². The molecule has 3 heterocycles. The molecule has 0 aromatic rings. The second kappa shape index (κ2) is 7.13. The summed E-state index contributed by atoms with van der Waals surface area (Å²) in [4.78, 5) is 17.0. The maximum atomic E-state index is 12.2. The topological polar surface area (TPSA) is 59.0 Å². The molecule has 0 bridgehead atoms. The van der Waals surface area contributed by atoms with Crippen LogP contribution >= 0.6 is 0 Å². The molecule has 0 aromatic carbocycles. The average Bonchev–Trinajstić information content (AvgIpc) is 3.01. The number of carbonyl (C=O) groups is 1. The third-order valence-electron chi connectivity index (χ3n) is 4.66. The van der Waals surface area contributed by atoms with E-state index < -0.39 is 0 Å². The smallest absolute Gasteiger partial charge is 0.240 e. The Hall–Kier alpha value is -1.88. The molecule has 0 unspecified atom stereocenters. The molecule has 2 atom stereocenters. The van der Waals surface area contributed by atoms with E-state index in [9.17, 15) is 4.79 Å². The van der Waals surface area contributed by atoms with E-state index in [0.29, 0.717) is 12.5 Å². The zero-order valence-electron chi connectivity index (χ0n) is 14.0. The second-order valence-corrected chi connectivity index (χ2v) is 6.52. The van der Waals surface area contributed by atoms with Gasteiger partial charge in [-0.15, -0.1) is 0 Å². The average molecular weight is 314 g/mol. The minimum atomic E-state index is 0.0423. The van der Waals surface area contributed by atoms with Gasteiger partial charge in [0.25, 0.3) is 0 Å². The van der Waals surface area contributed by atoms with Crippen molar-refractivity contribution in [3.8, 4) is 11.4 Å². The predicted molar refractivity (Wildman–Crippen MR) is 91.6 cm³/mol. The van der Waals surface area contributed by atoms with Crippen LogP contribution in [0.4, 0.5) is 0 Å². The Kier molecular flexibility index (Phi) is 4.96. The predicted octanol–water partition coefficient (Wildman–Crippen LogP) is 2.37. The minimum absolute atomic E-state index is 0.0423. The van der Waals surface area contributed by atoms with Crippen LogP contribution in [0, 0.1) is 0 Å². The lowest BCUT2D eigenvalue weighted by Gasteiger charge is -2.20. The maximum Gasteiger partial charge on any atom is 0.240 e. The lowest BCUT2D eigenvalue weighted by molar-refractivity contribution is -0.122. The van der Waals surface area contributed by atoms with Gasteiger partial charge in [0.15, 0.2) is 0 Å². The van der Waals surface area contributed by atoms with Crippen molar-refractivity contribution in [3.05, 3.63) is 30.1 Å². The highest BCUT2D eigenvalue weighted by Crippen LogP contribution is 2.29. The molecule has 1 saturated heterocycles. The molecule has 0 spiro atoms. The number of amides is 1. The molecular weight excluding hydrogens is 288 g/mol. The molecule has 1 fully saturated rings. The lowest BCUT2D eigenvalue weighted by Crippen LogP contribution is -2.34. The summed E-state index contributed by atoms with van der Waals surface area (Å²) in [6.07, 6.45) is 5.26. The van der Waals surface area contributed by atoms with Crippen molar-refractivity contribution < 1.29 is 4.79 Å². The Morgan fingerprint density at radius 3 is 3.17 bits per heavy atom. The van der Waals surface area contributed by atoms with Crippen molar-refractivity contribution in [2.45, 2.75) is 51.6 Å². The number of nitrogens with zero attached hydrogens (tertiary/aromatic N) is 2. The van der Waals surface area contributed by atoms with Gasteiger partial charge in [-0.25, -0.2) is 4.98 Å². The van der Waals surface area contributed by atoms with Crippen LogP contribution in [-0.4, -0.2) is 34.6 Å². The summed E-state index contributed by atoms with van der Waals surface area (Å²) in [7, 11) is 0. The third kappa shape index (κ3) is 3.72. The fraction of sp³-hybridized carbons (Fsp3) is 0.556. The maximum absolute atomic E-state index is 12.2. The van der Waals surface area contributed by atoms with Gasteiger partial charge in [0, 0.05) is 36.0 Å². The Bertz CT molecular complexity index is 630. The van der Waals surface area contributed by atoms with Crippen LogP contribution in [-0.2, 0) is 11.3 Å². The van der Waals surface area contributed by atoms with E-state index in [2.05, 4.69) is 29.7 Å². The van der Waals surface area contributed by atoms with Gasteiger partial charge in [-0.3, -0.25) is 4.79 Å². The molecule has 1 amide bonds. The van der Waals surface area contributed by atoms with E-state index >= 15 is 0 Å². The summed E-state index contributed by atoms with van der Waals surface area (Å²) >= 11 is 0. The first-order valence-electron chi connectivity index (χ1n) is 8.63. The van der Waals surface area contributed by atoms with E-state index in [1.807, 2.05) is 23.8 Å². The second-order valence-electron chi connectivity index (χ2n) is 6.52. The van der Waals surface area contributed by atoms with Gasteiger partial charge in [0.2, 0.25) is 5.91 Å². The van der Waals surface area contributed by atoms with Crippen LogP contribution < -0.4 is 10.6 Å². The molecule has 0 aliphatic carbocycles. The monoisotopic (exact) mass is 314 g/mol. The van der Waals surface area contributed by atoms with E-state index in [4.69, 9.17) is 4.98 Å². The molecule has 5 nitrogen and oxygen atoms in total. The zero-order valence-corrected chi connectivity index (χ0v) is 14.0. The number of piperidine rings is 1. The SMILES string of the molecule is CC[C@@H](C)NC(=O)Cn1cccc2cc([C@@H]3CCCNC3)nc1-2. The van der Waals surface area contributed by atoms with Crippen molar-refractivity contribution >= 4 is 5.91 Å². The number of carbonyl (C=O) groups excluding carboxylic acids is 1. The Morgan fingerprint density at radius 1 is 1.57 bits per heavy atom. The Labute approximate surface area is 137 Å². The molecule has 0 radical (unpaired) electrons. The van der Waals surface area contributed by atoms with Crippen LogP contribution in [0.5, 0.6) is 0 Å². The zero-order chi connectivity index (χ0) is 16.2. The van der Waals surface area contributed by atoms with Crippen LogP contribution in [0.2, 0.25) is 0 Å². The van der Waals surface area contributed by atoms with Crippen molar-refractivity contribution in [2.75, 3.05) is 13.1 Å². The molecule has 2 N–H and O–H groups in total. The molecule has 0 aromatic heterocycles. The molecule has 0 saturated carbocycles. The molecule has 23 heavy (non-hydrogen) atoms. The van der Waals surface area contributed by atoms with Gasteiger partial charge in [0.1, 0.15) is 12.4 Å². The number of hydrogen-bond donors (Lipinski definition) is 2. The number of pyridine rings is 1. The van der Waals surface area contributed by atoms with Gasteiger partial charge >= 0.3 is 0 Å². The fourth-order valence-electron chi connectivity index (χ4n) is 3.14. The summed E-state index contributed by atoms with van der Waals surface area (Å²) in [5.41, 5.74) is 2.26. The van der Waals surface area contributed by atoms with Gasteiger partial charge in [0.05, 0.1) is 0 Å². The summed E-state index contributed by atoms with van der Waals surface area (Å²) in [6.45, 7) is 6.52. The summed E-state index contributed by atoms with van der Waals surface area (Å²) in [5, 5.41) is 6.46. The van der Waals surface area contributed by atoms with Gasteiger partial charge in [-0.05, 0) is 50.9 Å². The van der Waals surface area contributed by atoms with E-state index in [1.165, 1.54) is 12.8 Å². The van der Waals surface area contributed by atoms with E-state index in [1.54, 1.807) is 0 Å². The van der Waals surface area contributed by atoms with Gasteiger partial charge < -0.3 is 15.2 Å². The van der Waals surface area contributed by atoms with Crippen LogP contribution in [0.3, 0.4) is 0 Å². The normalized spacial score (nSPS) is 19.7. The molecule has 3 aliphatic heterocycles.